The topological polar surface area (TPSA) is 79.9 Å². The van der Waals surface area contributed by atoms with Gasteiger partial charge in [0.1, 0.15) is 17.7 Å². The number of likely N-dealkylation sites (tertiary alicyclic amines) is 1. The van der Waals surface area contributed by atoms with Crippen LogP contribution in [0.1, 0.15) is 24.8 Å². The molecular formula is C17H18N4O. The van der Waals surface area contributed by atoms with Gasteiger partial charge in [-0.25, -0.2) is 0 Å². The van der Waals surface area contributed by atoms with E-state index in [1.807, 2.05) is 29.2 Å². The summed E-state index contributed by atoms with van der Waals surface area (Å²) in [5.41, 5.74) is 1.93. The van der Waals surface area contributed by atoms with Crippen LogP contribution >= 0.6 is 0 Å². The summed E-state index contributed by atoms with van der Waals surface area (Å²) in [7, 11) is 0. The van der Waals surface area contributed by atoms with Gasteiger partial charge in [-0.3, -0.25) is 4.79 Å². The average Bonchev–Trinajstić information content (AvgIpc) is 3.09. The monoisotopic (exact) mass is 294 g/mol. The van der Waals surface area contributed by atoms with E-state index in [1.54, 1.807) is 12.1 Å². The van der Waals surface area contributed by atoms with Crippen LogP contribution in [0.4, 0.5) is 5.69 Å². The fourth-order valence-electron chi connectivity index (χ4n) is 2.39. The molecule has 0 radical (unpaired) electrons. The number of carbonyl (C=O) groups excluding carboxylic acids is 1. The number of aryl methyl sites for hydroxylation is 1. The highest BCUT2D eigenvalue weighted by Crippen LogP contribution is 2.14. The number of nitrogens with zero attached hydrogens (tertiary/aromatic N) is 3. The van der Waals surface area contributed by atoms with Crippen LogP contribution in [0.3, 0.4) is 0 Å². The van der Waals surface area contributed by atoms with Crippen molar-refractivity contribution in [1.29, 1.82) is 10.5 Å². The molecule has 22 heavy (non-hydrogen) atoms. The van der Waals surface area contributed by atoms with Crippen LogP contribution in [-0.4, -0.2) is 23.9 Å². The third kappa shape index (κ3) is 4.36. The molecule has 0 unspecified atom stereocenters. The maximum absolute atomic E-state index is 12.0. The summed E-state index contributed by atoms with van der Waals surface area (Å²) in [6.07, 6.45) is 4.89. The zero-order chi connectivity index (χ0) is 15.8. The van der Waals surface area contributed by atoms with E-state index in [-0.39, 0.29) is 11.5 Å². The maximum atomic E-state index is 12.0. The van der Waals surface area contributed by atoms with Gasteiger partial charge in [-0.1, -0.05) is 12.1 Å². The first-order valence-electron chi connectivity index (χ1n) is 7.36. The van der Waals surface area contributed by atoms with Crippen LogP contribution in [0.15, 0.2) is 36.0 Å². The molecule has 112 valence electrons. The number of nitriles is 2. The van der Waals surface area contributed by atoms with Crippen molar-refractivity contribution >= 4 is 11.6 Å². The molecule has 1 aliphatic heterocycles. The number of hydrogen-bond acceptors (Lipinski definition) is 4. The number of benzene rings is 1. The molecule has 0 saturated carbocycles. The lowest BCUT2D eigenvalue weighted by molar-refractivity contribution is -0.130. The number of nitrogens with one attached hydrogen (secondary N) is 1. The molecule has 0 aromatic heterocycles. The minimum absolute atomic E-state index is 0.0280. The van der Waals surface area contributed by atoms with Crippen LogP contribution in [-0.2, 0) is 11.2 Å². The molecule has 1 amide bonds. The third-order valence-corrected chi connectivity index (χ3v) is 3.66. The zero-order valence-electron chi connectivity index (χ0n) is 12.4. The number of rotatable bonds is 5. The van der Waals surface area contributed by atoms with E-state index in [0.717, 1.165) is 43.6 Å². The third-order valence-electron chi connectivity index (χ3n) is 3.66. The molecule has 1 heterocycles. The van der Waals surface area contributed by atoms with E-state index in [1.165, 1.54) is 6.20 Å². The molecule has 1 aromatic rings. The number of carbonyl (C=O) groups is 1. The van der Waals surface area contributed by atoms with E-state index >= 15 is 0 Å². The molecule has 1 N–H and O–H groups in total. The van der Waals surface area contributed by atoms with Crippen LogP contribution < -0.4 is 5.32 Å². The van der Waals surface area contributed by atoms with E-state index in [0.29, 0.717) is 6.42 Å². The number of allylic oxidation sites excluding steroid dienone is 1. The summed E-state index contributed by atoms with van der Waals surface area (Å²) >= 11 is 0. The molecule has 5 heteroatoms. The standard InChI is InChI=1S/C17H18N4O/c18-11-15(12-19)13-20-16-6-3-14(4-7-16)5-8-17(22)21-9-1-2-10-21/h3-4,6-7,13,20H,1-2,5,8-10H2. The van der Waals surface area contributed by atoms with Gasteiger partial charge >= 0.3 is 0 Å². The Morgan fingerprint density at radius 3 is 2.41 bits per heavy atom. The first kappa shape index (κ1) is 15.6. The van der Waals surface area contributed by atoms with Gasteiger partial charge < -0.3 is 10.2 Å². The minimum Gasteiger partial charge on any atom is -0.360 e. The van der Waals surface area contributed by atoms with E-state index in [4.69, 9.17) is 10.5 Å². The normalized spacial score (nSPS) is 13.1. The predicted octanol–water partition coefficient (Wildman–Crippen LogP) is 2.58. The first-order chi connectivity index (χ1) is 10.7. The second-order valence-electron chi connectivity index (χ2n) is 5.21. The highest BCUT2D eigenvalue weighted by Gasteiger charge is 2.17. The first-order valence-corrected chi connectivity index (χ1v) is 7.36. The van der Waals surface area contributed by atoms with Crippen molar-refractivity contribution in [2.75, 3.05) is 18.4 Å². The Morgan fingerprint density at radius 1 is 1.18 bits per heavy atom. The van der Waals surface area contributed by atoms with Crippen molar-refractivity contribution in [3.63, 3.8) is 0 Å². The Hall–Kier alpha value is -2.79. The summed E-state index contributed by atoms with van der Waals surface area (Å²) in [5, 5.41) is 20.2. The van der Waals surface area contributed by atoms with Crippen molar-refractivity contribution in [2.45, 2.75) is 25.7 Å². The average molecular weight is 294 g/mol. The lowest BCUT2D eigenvalue weighted by Gasteiger charge is -2.14. The van der Waals surface area contributed by atoms with E-state index in [9.17, 15) is 4.79 Å². The van der Waals surface area contributed by atoms with Crippen LogP contribution in [0.2, 0.25) is 0 Å². The molecule has 5 nitrogen and oxygen atoms in total. The smallest absolute Gasteiger partial charge is 0.222 e. The predicted molar refractivity (Wildman–Crippen MR) is 83.5 cm³/mol. The lowest BCUT2D eigenvalue weighted by atomic mass is 10.1. The highest BCUT2D eigenvalue weighted by molar-refractivity contribution is 5.76. The van der Waals surface area contributed by atoms with Crippen molar-refractivity contribution in [3.05, 3.63) is 41.6 Å². The SMILES string of the molecule is N#CC(C#N)=CNc1ccc(CCC(=O)N2CCCC2)cc1. The van der Waals surface area contributed by atoms with Gasteiger partial charge in [-0.15, -0.1) is 0 Å². The summed E-state index contributed by atoms with van der Waals surface area (Å²) in [6, 6.07) is 11.2. The van der Waals surface area contributed by atoms with Gasteiger partial charge in [0.25, 0.3) is 0 Å². The molecule has 1 saturated heterocycles. The van der Waals surface area contributed by atoms with Gasteiger partial charge in [-0.05, 0) is 37.0 Å². The molecule has 2 rings (SSSR count). The van der Waals surface area contributed by atoms with Crippen LogP contribution in [0.5, 0.6) is 0 Å². The minimum atomic E-state index is 0.0280. The number of amides is 1. The number of hydrogen-bond donors (Lipinski definition) is 1. The van der Waals surface area contributed by atoms with Crippen molar-refractivity contribution in [2.24, 2.45) is 0 Å². The molecule has 1 fully saturated rings. The molecular weight excluding hydrogens is 276 g/mol. The van der Waals surface area contributed by atoms with Crippen molar-refractivity contribution < 1.29 is 4.79 Å². The van der Waals surface area contributed by atoms with Crippen LogP contribution in [0, 0.1) is 22.7 Å². The molecule has 0 spiro atoms. The van der Waals surface area contributed by atoms with Gasteiger partial charge in [0, 0.05) is 31.4 Å². The lowest BCUT2D eigenvalue weighted by Crippen LogP contribution is -2.27. The quantitative estimate of drug-likeness (QED) is 0.846. The Bertz CT molecular complexity index is 612. The van der Waals surface area contributed by atoms with Crippen molar-refractivity contribution in [3.8, 4) is 12.1 Å². The molecule has 1 aliphatic rings. The second kappa shape index (κ2) is 7.85. The van der Waals surface area contributed by atoms with Gasteiger partial charge in [0.05, 0.1) is 0 Å². The Balaban J connectivity index is 1.84. The van der Waals surface area contributed by atoms with Crippen LogP contribution in [0.25, 0.3) is 0 Å². The summed E-state index contributed by atoms with van der Waals surface area (Å²) < 4.78 is 0. The molecule has 0 bridgehead atoms. The van der Waals surface area contributed by atoms with E-state index in [2.05, 4.69) is 5.32 Å². The fraction of sp³-hybridized carbons (Fsp3) is 0.353. The summed E-state index contributed by atoms with van der Waals surface area (Å²) in [6.45, 7) is 1.79. The van der Waals surface area contributed by atoms with Gasteiger partial charge in [0.15, 0.2) is 0 Å². The van der Waals surface area contributed by atoms with Crippen molar-refractivity contribution in [1.82, 2.24) is 4.90 Å². The second-order valence-corrected chi connectivity index (χ2v) is 5.21. The van der Waals surface area contributed by atoms with Gasteiger partial charge in [-0.2, -0.15) is 10.5 Å². The highest BCUT2D eigenvalue weighted by atomic mass is 16.2. The zero-order valence-corrected chi connectivity index (χ0v) is 12.4. The summed E-state index contributed by atoms with van der Waals surface area (Å²) in [4.78, 5) is 13.9. The molecule has 0 aliphatic carbocycles. The van der Waals surface area contributed by atoms with E-state index < -0.39 is 0 Å². The molecule has 1 aromatic carbocycles. The summed E-state index contributed by atoms with van der Waals surface area (Å²) in [5.74, 6) is 0.232. The largest absolute Gasteiger partial charge is 0.360 e. The Morgan fingerprint density at radius 2 is 1.82 bits per heavy atom. The van der Waals surface area contributed by atoms with Gasteiger partial charge in [0.2, 0.25) is 5.91 Å². The Labute approximate surface area is 130 Å². The maximum Gasteiger partial charge on any atom is 0.222 e. The number of anilines is 1. The Kier molecular flexibility index (Phi) is 5.57. The fourth-order valence-corrected chi connectivity index (χ4v) is 2.39. The molecule has 0 atom stereocenters.